The van der Waals surface area contributed by atoms with Gasteiger partial charge < -0.3 is 10.1 Å². The summed E-state index contributed by atoms with van der Waals surface area (Å²) in [7, 11) is 1.69. The summed E-state index contributed by atoms with van der Waals surface area (Å²) in [6.07, 6.45) is 0. The van der Waals surface area contributed by atoms with E-state index < -0.39 is 0 Å². The standard InChI is InChI=1S/C13H21NOS/c1-10(2)14-9-11(3)16-13-7-5-12(15-4)6-8-13/h5-8,10-11,14H,9H2,1-4H3. The molecule has 0 saturated heterocycles. The lowest BCUT2D eigenvalue weighted by molar-refractivity contribution is 0.414. The van der Waals surface area contributed by atoms with E-state index in [9.17, 15) is 0 Å². The second-order valence-corrected chi connectivity index (χ2v) is 5.68. The Morgan fingerprint density at radius 3 is 2.31 bits per heavy atom. The van der Waals surface area contributed by atoms with Gasteiger partial charge in [-0.15, -0.1) is 11.8 Å². The molecule has 0 saturated carbocycles. The first-order chi connectivity index (χ1) is 7.61. The van der Waals surface area contributed by atoms with Gasteiger partial charge >= 0.3 is 0 Å². The number of thioether (sulfide) groups is 1. The van der Waals surface area contributed by atoms with Gasteiger partial charge in [-0.2, -0.15) is 0 Å². The lowest BCUT2D eigenvalue weighted by atomic mass is 10.3. The van der Waals surface area contributed by atoms with Crippen molar-refractivity contribution in [2.75, 3.05) is 13.7 Å². The molecule has 0 aromatic heterocycles. The van der Waals surface area contributed by atoms with Gasteiger partial charge in [-0.3, -0.25) is 0 Å². The van der Waals surface area contributed by atoms with Crippen molar-refractivity contribution < 1.29 is 4.74 Å². The molecule has 0 radical (unpaired) electrons. The fourth-order valence-corrected chi connectivity index (χ4v) is 2.27. The van der Waals surface area contributed by atoms with Gasteiger partial charge in [0.1, 0.15) is 5.75 Å². The maximum atomic E-state index is 5.13. The summed E-state index contributed by atoms with van der Waals surface area (Å²) in [5.74, 6) is 0.914. The van der Waals surface area contributed by atoms with E-state index >= 15 is 0 Å². The number of methoxy groups -OCH3 is 1. The maximum Gasteiger partial charge on any atom is 0.118 e. The molecule has 0 aliphatic rings. The van der Waals surface area contributed by atoms with Crippen LogP contribution in [-0.2, 0) is 0 Å². The maximum absolute atomic E-state index is 5.13. The number of nitrogens with one attached hydrogen (secondary N) is 1. The highest BCUT2D eigenvalue weighted by atomic mass is 32.2. The van der Waals surface area contributed by atoms with Crippen molar-refractivity contribution in [2.45, 2.75) is 37.0 Å². The van der Waals surface area contributed by atoms with Gasteiger partial charge in [-0.25, -0.2) is 0 Å². The van der Waals surface area contributed by atoms with Crippen molar-refractivity contribution in [2.24, 2.45) is 0 Å². The molecule has 0 aliphatic heterocycles. The van der Waals surface area contributed by atoms with E-state index in [0.717, 1.165) is 12.3 Å². The number of benzene rings is 1. The van der Waals surface area contributed by atoms with Crippen LogP contribution in [0.4, 0.5) is 0 Å². The third-order valence-corrected chi connectivity index (χ3v) is 3.32. The minimum absolute atomic E-state index is 0.555. The van der Waals surface area contributed by atoms with Gasteiger partial charge in [0.15, 0.2) is 0 Å². The molecule has 0 heterocycles. The van der Waals surface area contributed by atoms with E-state index in [2.05, 4.69) is 38.2 Å². The molecule has 1 N–H and O–H groups in total. The van der Waals surface area contributed by atoms with Gasteiger partial charge in [-0.05, 0) is 24.3 Å². The summed E-state index contributed by atoms with van der Waals surface area (Å²) >= 11 is 1.89. The average Bonchev–Trinajstić information content (AvgIpc) is 2.27. The van der Waals surface area contributed by atoms with Crippen LogP contribution in [-0.4, -0.2) is 24.9 Å². The molecule has 1 rings (SSSR count). The second-order valence-electron chi connectivity index (χ2n) is 4.17. The quantitative estimate of drug-likeness (QED) is 0.770. The predicted molar refractivity (Wildman–Crippen MR) is 71.5 cm³/mol. The van der Waals surface area contributed by atoms with Crippen LogP contribution in [0.5, 0.6) is 5.75 Å². The molecule has 1 aromatic carbocycles. The molecule has 2 nitrogen and oxygen atoms in total. The Morgan fingerprint density at radius 2 is 1.81 bits per heavy atom. The number of ether oxygens (including phenoxy) is 1. The van der Waals surface area contributed by atoms with E-state index in [1.54, 1.807) is 7.11 Å². The van der Waals surface area contributed by atoms with Crippen LogP contribution in [0.25, 0.3) is 0 Å². The Kier molecular flexibility index (Phi) is 5.71. The largest absolute Gasteiger partial charge is 0.497 e. The molecule has 3 heteroatoms. The molecule has 0 fully saturated rings. The zero-order valence-electron chi connectivity index (χ0n) is 10.5. The number of hydrogen-bond donors (Lipinski definition) is 1. The first kappa shape index (κ1) is 13.4. The molecular formula is C13H21NOS. The highest BCUT2D eigenvalue weighted by Gasteiger charge is 2.05. The Morgan fingerprint density at radius 1 is 1.19 bits per heavy atom. The van der Waals surface area contributed by atoms with Crippen molar-refractivity contribution in [3.8, 4) is 5.75 Å². The summed E-state index contributed by atoms with van der Waals surface area (Å²) in [6, 6.07) is 8.78. The smallest absolute Gasteiger partial charge is 0.118 e. The summed E-state index contributed by atoms with van der Waals surface area (Å²) < 4.78 is 5.13. The SMILES string of the molecule is COc1ccc(SC(C)CNC(C)C)cc1. The van der Waals surface area contributed by atoms with E-state index in [1.807, 2.05) is 23.9 Å². The van der Waals surface area contributed by atoms with Crippen molar-refractivity contribution in [3.63, 3.8) is 0 Å². The van der Waals surface area contributed by atoms with E-state index in [0.29, 0.717) is 11.3 Å². The van der Waals surface area contributed by atoms with E-state index in [-0.39, 0.29) is 0 Å². The molecule has 0 spiro atoms. The normalized spacial score (nSPS) is 12.8. The zero-order chi connectivity index (χ0) is 12.0. The van der Waals surface area contributed by atoms with Crippen molar-refractivity contribution in [3.05, 3.63) is 24.3 Å². The van der Waals surface area contributed by atoms with Crippen molar-refractivity contribution in [1.29, 1.82) is 0 Å². The van der Waals surface area contributed by atoms with Gasteiger partial charge in [0, 0.05) is 22.7 Å². The first-order valence-electron chi connectivity index (χ1n) is 5.66. The Balaban J connectivity index is 2.40. The monoisotopic (exact) mass is 239 g/mol. The lowest BCUT2D eigenvalue weighted by Gasteiger charge is -2.14. The Bertz CT molecular complexity index is 297. The molecule has 16 heavy (non-hydrogen) atoms. The Hall–Kier alpha value is -0.670. The van der Waals surface area contributed by atoms with Crippen LogP contribution in [0.2, 0.25) is 0 Å². The lowest BCUT2D eigenvalue weighted by Crippen LogP contribution is -2.28. The van der Waals surface area contributed by atoms with E-state index in [4.69, 9.17) is 4.74 Å². The van der Waals surface area contributed by atoms with Crippen LogP contribution < -0.4 is 10.1 Å². The third-order valence-electron chi connectivity index (χ3n) is 2.21. The van der Waals surface area contributed by atoms with Crippen LogP contribution in [0, 0.1) is 0 Å². The van der Waals surface area contributed by atoms with Gasteiger partial charge in [-0.1, -0.05) is 20.8 Å². The Labute approximate surface area is 103 Å². The molecule has 0 aliphatic carbocycles. The predicted octanol–water partition coefficient (Wildman–Crippen LogP) is 3.17. The van der Waals surface area contributed by atoms with Crippen molar-refractivity contribution >= 4 is 11.8 Å². The summed E-state index contributed by atoms with van der Waals surface area (Å²) in [5.41, 5.74) is 0. The zero-order valence-corrected chi connectivity index (χ0v) is 11.3. The molecule has 0 amide bonds. The van der Waals surface area contributed by atoms with E-state index in [1.165, 1.54) is 4.90 Å². The highest BCUT2D eigenvalue weighted by molar-refractivity contribution is 8.00. The highest BCUT2D eigenvalue weighted by Crippen LogP contribution is 2.24. The van der Waals surface area contributed by atoms with Crippen molar-refractivity contribution in [1.82, 2.24) is 5.32 Å². The molecule has 0 bridgehead atoms. The van der Waals surface area contributed by atoms with Gasteiger partial charge in [0.2, 0.25) is 0 Å². The third kappa shape index (κ3) is 4.90. The minimum atomic E-state index is 0.555. The number of rotatable bonds is 6. The summed E-state index contributed by atoms with van der Waals surface area (Å²) in [5, 5.41) is 4.02. The molecule has 1 atom stereocenters. The second kappa shape index (κ2) is 6.81. The van der Waals surface area contributed by atoms with Crippen LogP contribution >= 0.6 is 11.8 Å². The fourth-order valence-electron chi connectivity index (χ4n) is 1.33. The molecule has 1 aromatic rings. The number of hydrogen-bond acceptors (Lipinski definition) is 3. The summed E-state index contributed by atoms with van der Waals surface area (Å²) in [6.45, 7) is 7.62. The molecule has 1 unspecified atom stereocenters. The minimum Gasteiger partial charge on any atom is -0.497 e. The van der Waals surface area contributed by atoms with Crippen LogP contribution in [0.15, 0.2) is 29.2 Å². The fraction of sp³-hybridized carbons (Fsp3) is 0.538. The van der Waals surface area contributed by atoms with Crippen LogP contribution in [0.3, 0.4) is 0 Å². The van der Waals surface area contributed by atoms with Gasteiger partial charge in [0.25, 0.3) is 0 Å². The first-order valence-corrected chi connectivity index (χ1v) is 6.54. The average molecular weight is 239 g/mol. The molecular weight excluding hydrogens is 218 g/mol. The van der Waals surface area contributed by atoms with Crippen LogP contribution in [0.1, 0.15) is 20.8 Å². The summed E-state index contributed by atoms with van der Waals surface area (Å²) in [4.78, 5) is 1.29. The van der Waals surface area contributed by atoms with Gasteiger partial charge in [0.05, 0.1) is 7.11 Å². The topological polar surface area (TPSA) is 21.3 Å². The molecule has 90 valence electrons.